The van der Waals surface area contributed by atoms with Crippen molar-refractivity contribution in [3.05, 3.63) is 12.2 Å². The molecule has 2 N–H and O–H groups in total. The van der Waals surface area contributed by atoms with Crippen LogP contribution >= 0.6 is 0 Å². The summed E-state index contributed by atoms with van der Waals surface area (Å²) in [6, 6.07) is 0. The van der Waals surface area contributed by atoms with E-state index < -0.39 is 11.9 Å². The van der Waals surface area contributed by atoms with Gasteiger partial charge in [-0.15, -0.1) is 0 Å². The van der Waals surface area contributed by atoms with Crippen molar-refractivity contribution in [3.8, 4) is 0 Å². The third-order valence-corrected chi connectivity index (χ3v) is 0.455. The van der Waals surface area contributed by atoms with Crippen molar-refractivity contribution in [3.63, 3.8) is 0 Å². The molecule has 0 radical (unpaired) electrons. The summed E-state index contributed by atoms with van der Waals surface area (Å²) in [5.41, 5.74) is 0. The Morgan fingerprint density at radius 3 is 1.31 bits per heavy atom. The molecule has 0 atom stereocenters. The zero-order valence-electron chi connectivity index (χ0n) is 6.80. The topological polar surface area (TPSA) is 121 Å². The zero-order valence-corrected chi connectivity index (χ0v) is 9.01. The molecule has 0 bridgehead atoms. The first kappa shape index (κ1) is 18.6. The fourth-order valence-corrected chi connectivity index (χ4v) is 0.136. The van der Waals surface area contributed by atoms with E-state index >= 15 is 0 Å². The summed E-state index contributed by atoms with van der Waals surface area (Å²) < 4.78 is 0. The van der Waals surface area contributed by atoms with E-state index in [9.17, 15) is 19.8 Å². The van der Waals surface area contributed by atoms with Crippen LogP contribution in [0.3, 0.4) is 0 Å². The molecular formula is C6H8CaO6. The molecule has 0 rings (SSSR count). The Labute approximate surface area is 104 Å². The van der Waals surface area contributed by atoms with Crippen LogP contribution in [0.4, 0.5) is 0 Å². The Balaban J connectivity index is -0.000000173. The van der Waals surface area contributed by atoms with Gasteiger partial charge in [0, 0.05) is 0 Å². The minimum atomic E-state index is -1.55. The van der Waals surface area contributed by atoms with E-state index in [1.54, 1.807) is 0 Å². The van der Waals surface area contributed by atoms with Crippen molar-refractivity contribution in [1.29, 1.82) is 0 Å². The van der Waals surface area contributed by atoms with Crippen LogP contribution in [0.1, 0.15) is 0 Å². The molecule has 0 saturated carbocycles. The van der Waals surface area contributed by atoms with Crippen LogP contribution in [-0.4, -0.2) is 73.1 Å². The summed E-state index contributed by atoms with van der Waals surface area (Å²) in [6.45, 7) is -0.250. The number of hydrogen-bond donors (Lipinski definition) is 2. The number of aliphatic carboxylic acids is 2. The smallest absolute Gasteiger partial charge is 0.545 e. The minimum absolute atomic E-state index is 0. The van der Waals surface area contributed by atoms with E-state index in [0.717, 1.165) is 0 Å². The molecule has 0 heterocycles. The molecule has 0 spiro atoms. The molecule has 0 aliphatic rings. The number of rotatable bonds is 3. The molecule has 0 unspecified atom stereocenters. The van der Waals surface area contributed by atoms with Crippen molar-refractivity contribution in [1.82, 2.24) is 0 Å². The Morgan fingerprint density at radius 1 is 1.00 bits per heavy atom. The normalized spacial score (nSPS) is 8.15. The molecular weight excluding hydrogens is 208 g/mol. The fourth-order valence-electron chi connectivity index (χ4n) is 0.136. The number of hydrogen-bond acceptors (Lipinski definition) is 6. The van der Waals surface area contributed by atoms with Crippen molar-refractivity contribution in [2.45, 2.75) is 0 Å². The Hall–Kier alpha value is -0.140. The van der Waals surface area contributed by atoms with Crippen LogP contribution < -0.4 is 10.2 Å². The van der Waals surface area contributed by atoms with Crippen molar-refractivity contribution < 1.29 is 30.0 Å². The minimum Gasteiger partial charge on any atom is -0.545 e. The molecule has 0 aromatic rings. The number of carboxylic acid groups (broad SMARTS) is 2. The molecule has 0 aliphatic carbocycles. The first-order valence-corrected chi connectivity index (χ1v) is 2.86. The van der Waals surface area contributed by atoms with Crippen LogP contribution in [0.2, 0.25) is 0 Å². The number of aliphatic hydroxyl groups is 2. The Bertz CT molecular complexity index is 149. The maximum atomic E-state index is 9.41. The van der Waals surface area contributed by atoms with Gasteiger partial charge >= 0.3 is 37.7 Å². The maximum Gasteiger partial charge on any atom is 2.00 e. The molecule has 7 heteroatoms. The number of aliphatic hydroxyl groups excluding tert-OH is 2. The third-order valence-electron chi connectivity index (χ3n) is 0.455. The van der Waals surface area contributed by atoms with Gasteiger partial charge in [-0.3, -0.25) is 0 Å². The molecule has 0 aromatic heterocycles. The largest absolute Gasteiger partial charge is 2.00 e. The number of carboxylic acids is 2. The summed E-state index contributed by atoms with van der Waals surface area (Å²) in [5.74, 6) is -3.09. The van der Waals surface area contributed by atoms with Gasteiger partial charge in [-0.05, 0) is 12.2 Å². The summed E-state index contributed by atoms with van der Waals surface area (Å²) >= 11 is 0. The number of carbonyl (C=O) groups is 2. The summed E-state index contributed by atoms with van der Waals surface area (Å²) in [6.07, 6.45) is 0.769. The molecule has 0 fully saturated rings. The first-order chi connectivity index (χ1) is 5.54. The average molecular weight is 216 g/mol. The van der Waals surface area contributed by atoms with Crippen molar-refractivity contribution in [2.75, 3.05) is 13.2 Å². The van der Waals surface area contributed by atoms with Crippen LogP contribution in [0.15, 0.2) is 12.2 Å². The van der Waals surface area contributed by atoms with Gasteiger partial charge < -0.3 is 30.0 Å². The predicted octanol–water partition coefficient (Wildman–Crippen LogP) is -4.37. The zero-order chi connectivity index (χ0) is 9.98. The van der Waals surface area contributed by atoms with E-state index in [0.29, 0.717) is 12.2 Å². The van der Waals surface area contributed by atoms with E-state index in [4.69, 9.17) is 10.2 Å². The molecule has 0 aliphatic heterocycles. The Morgan fingerprint density at radius 2 is 1.23 bits per heavy atom. The second-order valence-electron chi connectivity index (χ2n) is 1.42. The van der Waals surface area contributed by atoms with Gasteiger partial charge in [0.2, 0.25) is 0 Å². The van der Waals surface area contributed by atoms with Gasteiger partial charge in [0.05, 0.1) is 25.2 Å². The van der Waals surface area contributed by atoms with Gasteiger partial charge in [-0.1, -0.05) is 0 Å². The van der Waals surface area contributed by atoms with Crippen molar-refractivity contribution in [2.24, 2.45) is 0 Å². The second kappa shape index (κ2) is 14.4. The molecule has 0 aromatic carbocycles. The Kier molecular flexibility index (Phi) is 20.6. The maximum absolute atomic E-state index is 9.41. The van der Waals surface area contributed by atoms with Crippen LogP contribution in [-0.2, 0) is 9.59 Å². The van der Waals surface area contributed by atoms with Gasteiger partial charge in [0.15, 0.2) is 0 Å². The van der Waals surface area contributed by atoms with Crippen molar-refractivity contribution >= 4 is 49.7 Å². The van der Waals surface area contributed by atoms with Crippen LogP contribution in [0, 0.1) is 0 Å². The van der Waals surface area contributed by atoms with Gasteiger partial charge in [-0.2, -0.15) is 0 Å². The summed E-state index contributed by atoms with van der Waals surface area (Å²) in [4.78, 5) is 18.8. The third kappa shape index (κ3) is 33.6. The van der Waals surface area contributed by atoms with E-state index in [1.807, 2.05) is 0 Å². The summed E-state index contributed by atoms with van der Waals surface area (Å²) in [7, 11) is 0. The standard InChI is InChI=1S/C4H4O4.C2H6O2.Ca/c5-3(6)1-2-4(7)8;3-1-2-4;/h1-2H,(H,5,6)(H,7,8);3-4H,1-2H2;/q;;+2/p-2/b2-1-;;. The molecule has 0 saturated heterocycles. The van der Waals surface area contributed by atoms with Gasteiger partial charge in [-0.25, -0.2) is 0 Å². The molecule has 0 amide bonds. The van der Waals surface area contributed by atoms with E-state index in [1.165, 1.54) is 0 Å². The monoisotopic (exact) mass is 216 g/mol. The molecule has 13 heavy (non-hydrogen) atoms. The summed E-state index contributed by atoms with van der Waals surface area (Å²) in [5, 5.41) is 34.1. The SMILES string of the molecule is O=C([O-])/C=C\C(=O)[O-].OCCO.[Ca+2]. The predicted molar refractivity (Wildman–Crippen MR) is 39.1 cm³/mol. The van der Waals surface area contributed by atoms with E-state index in [-0.39, 0.29) is 51.0 Å². The molecule has 70 valence electrons. The van der Waals surface area contributed by atoms with Gasteiger partial charge in [0.1, 0.15) is 0 Å². The van der Waals surface area contributed by atoms with E-state index in [2.05, 4.69) is 0 Å². The quantitative estimate of drug-likeness (QED) is 0.363. The van der Waals surface area contributed by atoms with Gasteiger partial charge in [0.25, 0.3) is 0 Å². The molecule has 6 nitrogen and oxygen atoms in total. The number of carbonyl (C=O) groups excluding carboxylic acids is 2. The second-order valence-corrected chi connectivity index (χ2v) is 1.42. The van der Waals surface area contributed by atoms with Crippen LogP contribution in [0.5, 0.6) is 0 Å². The fraction of sp³-hybridized carbons (Fsp3) is 0.333. The average Bonchev–Trinajstić information content (AvgIpc) is 2.01. The first-order valence-electron chi connectivity index (χ1n) is 2.86. The van der Waals surface area contributed by atoms with Crippen LogP contribution in [0.25, 0.3) is 0 Å².